The molecule has 1 nitrogen and oxygen atoms in total. The zero-order valence-electron chi connectivity index (χ0n) is 12.4. The Morgan fingerprint density at radius 1 is 0.857 bits per heavy atom. The summed E-state index contributed by atoms with van der Waals surface area (Å²) in [5.74, 6) is 0. The van der Waals surface area contributed by atoms with Crippen LogP contribution in [0.25, 0.3) is 0 Å². The van der Waals surface area contributed by atoms with Gasteiger partial charge in [-0.1, -0.05) is 41.4 Å². The first-order chi connectivity index (χ1) is 10.0. The van der Waals surface area contributed by atoms with Gasteiger partial charge in [0.25, 0.3) is 0 Å². The van der Waals surface area contributed by atoms with Gasteiger partial charge in [-0.05, 0) is 55.5 Å². The summed E-state index contributed by atoms with van der Waals surface area (Å²) in [6.07, 6.45) is 2.09. The Balaban J connectivity index is 2.06. The highest BCUT2D eigenvalue weighted by atomic mass is 35.5. The summed E-state index contributed by atoms with van der Waals surface area (Å²) in [5.41, 5.74) is 2.41. The predicted octanol–water partition coefficient (Wildman–Crippen LogP) is 6.13. The third-order valence-electron chi connectivity index (χ3n) is 3.56. The van der Waals surface area contributed by atoms with Gasteiger partial charge in [0.15, 0.2) is 0 Å². The molecule has 0 aliphatic heterocycles. The van der Waals surface area contributed by atoms with Crippen molar-refractivity contribution in [2.24, 2.45) is 0 Å². The molecule has 0 aromatic heterocycles. The van der Waals surface area contributed by atoms with Crippen LogP contribution in [-0.2, 0) is 0 Å². The Morgan fingerprint density at radius 2 is 1.43 bits per heavy atom. The van der Waals surface area contributed by atoms with Gasteiger partial charge in [-0.15, -0.1) is 11.8 Å². The molecule has 0 radical (unpaired) electrons. The van der Waals surface area contributed by atoms with Gasteiger partial charge in [-0.25, -0.2) is 0 Å². The first kappa shape index (κ1) is 16.7. The highest BCUT2D eigenvalue weighted by Gasteiger charge is 2.12. The van der Waals surface area contributed by atoms with Crippen molar-refractivity contribution in [3.05, 3.63) is 63.6 Å². The number of hydrogen-bond acceptors (Lipinski definition) is 2. The van der Waals surface area contributed by atoms with Gasteiger partial charge < -0.3 is 5.32 Å². The number of nitrogens with one attached hydrogen (secondary N) is 1. The predicted molar refractivity (Wildman–Crippen MR) is 94.7 cm³/mol. The van der Waals surface area contributed by atoms with Crippen molar-refractivity contribution in [3.63, 3.8) is 0 Å². The fourth-order valence-corrected chi connectivity index (χ4v) is 2.96. The molecule has 1 N–H and O–H groups in total. The van der Waals surface area contributed by atoms with Crippen LogP contribution in [-0.4, -0.2) is 6.26 Å². The van der Waals surface area contributed by atoms with Crippen LogP contribution < -0.4 is 5.32 Å². The molecule has 0 amide bonds. The van der Waals surface area contributed by atoms with E-state index in [1.165, 1.54) is 10.5 Å². The Morgan fingerprint density at radius 3 is 2.00 bits per heavy atom. The Kier molecular flexibility index (Phi) is 6.00. The van der Waals surface area contributed by atoms with Gasteiger partial charge in [0.2, 0.25) is 0 Å². The van der Waals surface area contributed by atoms with Crippen molar-refractivity contribution in [2.45, 2.75) is 30.8 Å². The Hall–Kier alpha value is -0.670. The van der Waals surface area contributed by atoms with Gasteiger partial charge in [-0.3, -0.25) is 0 Å². The van der Waals surface area contributed by atoms with Gasteiger partial charge in [0, 0.05) is 17.0 Å². The van der Waals surface area contributed by atoms with Crippen LogP contribution in [0.2, 0.25) is 10.0 Å². The van der Waals surface area contributed by atoms with E-state index >= 15 is 0 Å². The van der Waals surface area contributed by atoms with Crippen molar-refractivity contribution in [1.82, 2.24) is 5.32 Å². The van der Waals surface area contributed by atoms with E-state index in [1.54, 1.807) is 11.8 Å². The number of thioether (sulfide) groups is 1. The number of halogens is 2. The summed E-state index contributed by atoms with van der Waals surface area (Å²) in [7, 11) is 0. The van der Waals surface area contributed by atoms with E-state index in [-0.39, 0.29) is 12.1 Å². The molecule has 2 atom stereocenters. The highest BCUT2D eigenvalue weighted by molar-refractivity contribution is 7.98. The van der Waals surface area contributed by atoms with Crippen LogP contribution in [0.1, 0.15) is 37.1 Å². The van der Waals surface area contributed by atoms with Crippen molar-refractivity contribution < 1.29 is 0 Å². The lowest BCUT2D eigenvalue weighted by atomic mass is 10.0. The molecule has 2 rings (SSSR count). The maximum atomic E-state index is 6.08. The van der Waals surface area contributed by atoms with Crippen LogP contribution in [0.15, 0.2) is 47.4 Å². The minimum Gasteiger partial charge on any atom is -0.304 e. The largest absolute Gasteiger partial charge is 0.304 e. The summed E-state index contributed by atoms with van der Waals surface area (Å²) in [4.78, 5) is 1.28. The minimum absolute atomic E-state index is 0.204. The lowest BCUT2D eigenvalue weighted by Gasteiger charge is -2.21. The third kappa shape index (κ3) is 4.40. The molecular weight excluding hydrogens is 321 g/mol. The molecule has 0 heterocycles. The topological polar surface area (TPSA) is 12.0 Å². The SMILES string of the molecule is CSc1ccc(C(C)NC(C)c2ccc(Cl)c(Cl)c2)cc1. The fourth-order valence-electron chi connectivity index (χ4n) is 2.24. The summed E-state index contributed by atoms with van der Waals surface area (Å²) in [6, 6.07) is 14.9. The smallest absolute Gasteiger partial charge is 0.0595 e. The fraction of sp³-hybridized carbons (Fsp3) is 0.294. The second-order valence-corrected chi connectivity index (χ2v) is 6.75. The van der Waals surface area contributed by atoms with E-state index in [0.717, 1.165) is 5.56 Å². The summed E-state index contributed by atoms with van der Waals surface area (Å²) in [6.45, 7) is 4.30. The van der Waals surface area contributed by atoms with E-state index in [2.05, 4.69) is 49.7 Å². The second kappa shape index (κ2) is 7.55. The molecule has 2 aromatic carbocycles. The van der Waals surface area contributed by atoms with Crippen LogP contribution in [0.5, 0.6) is 0 Å². The van der Waals surface area contributed by atoms with E-state index < -0.39 is 0 Å². The quantitative estimate of drug-likeness (QED) is 0.657. The molecule has 2 aromatic rings. The molecule has 0 bridgehead atoms. The van der Waals surface area contributed by atoms with Crippen LogP contribution in [0.3, 0.4) is 0 Å². The number of benzene rings is 2. The first-order valence-corrected chi connectivity index (χ1v) is 8.84. The highest BCUT2D eigenvalue weighted by Crippen LogP contribution is 2.27. The Labute approximate surface area is 141 Å². The summed E-state index contributed by atoms with van der Waals surface area (Å²) >= 11 is 13.8. The summed E-state index contributed by atoms with van der Waals surface area (Å²) < 4.78 is 0. The van der Waals surface area contributed by atoms with E-state index in [1.807, 2.05) is 18.2 Å². The molecule has 2 unspecified atom stereocenters. The molecule has 21 heavy (non-hydrogen) atoms. The second-order valence-electron chi connectivity index (χ2n) is 5.06. The molecule has 0 fully saturated rings. The summed E-state index contributed by atoms with van der Waals surface area (Å²) in [5, 5.41) is 4.78. The molecule has 112 valence electrons. The molecule has 0 aliphatic carbocycles. The monoisotopic (exact) mass is 339 g/mol. The molecular formula is C17H19Cl2NS. The normalized spacial score (nSPS) is 14.0. The number of rotatable bonds is 5. The van der Waals surface area contributed by atoms with Crippen molar-refractivity contribution in [1.29, 1.82) is 0 Å². The van der Waals surface area contributed by atoms with Gasteiger partial charge in [-0.2, -0.15) is 0 Å². The average Bonchev–Trinajstić information content (AvgIpc) is 2.50. The average molecular weight is 340 g/mol. The first-order valence-electron chi connectivity index (χ1n) is 6.86. The van der Waals surface area contributed by atoms with Crippen molar-refractivity contribution in [3.8, 4) is 0 Å². The lowest BCUT2D eigenvalue weighted by Crippen LogP contribution is -2.22. The molecule has 4 heteroatoms. The van der Waals surface area contributed by atoms with Crippen LogP contribution in [0.4, 0.5) is 0 Å². The van der Waals surface area contributed by atoms with Crippen LogP contribution >= 0.6 is 35.0 Å². The number of hydrogen-bond donors (Lipinski definition) is 1. The molecule has 0 spiro atoms. The van der Waals surface area contributed by atoms with Crippen LogP contribution in [0, 0.1) is 0 Å². The van der Waals surface area contributed by atoms with Gasteiger partial charge in [0.05, 0.1) is 10.0 Å². The maximum Gasteiger partial charge on any atom is 0.0595 e. The van der Waals surface area contributed by atoms with E-state index in [4.69, 9.17) is 23.2 Å². The van der Waals surface area contributed by atoms with Gasteiger partial charge >= 0.3 is 0 Å². The zero-order valence-corrected chi connectivity index (χ0v) is 14.7. The van der Waals surface area contributed by atoms with Gasteiger partial charge in [0.1, 0.15) is 0 Å². The minimum atomic E-state index is 0.204. The lowest BCUT2D eigenvalue weighted by molar-refractivity contribution is 0.494. The molecule has 0 saturated heterocycles. The van der Waals surface area contributed by atoms with E-state index in [0.29, 0.717) is 10.0 Å². The van der Waals surface area contributed by atoms with Crippen molar-refractivity contribution >= 4 is 35.0 Å². The van der Waals surface area contributed by atoms with E-state index in [9.17, 15) is 0 Å². The Bertz CT molecular complexity index is 598. The maximum absolute atomic E-state index is 6.08. The standard InChI is InChI=1S/C17H19Cl2NS/c1-11(13-4-7-15(21-3)8-5-13)20-12(2)14-6-9-16(18)17(19)10-14/h4-12,20H,1-3H3. The molecule has 0 saturated carbocycles. The third-order valence-corrected chi connectivity index (χ3v) is 5.04. The molecule has 0 aliphatic rings. The van der Waals surface area contributed by atoms with Crippen molar-refractivity contribution in [2.75, 3.05) is 6.26 Å². The zero-order chi connectivity index (χ0) is 15.4.